The Balaban J connectivity index is 2.13. The van der Waals surface area contributed by atoms with E-state index < -0.39 is 0 Å². The summed E-state index contributed by atoms with van der Waals surface area (Å²) in [4.78, 5) is 11.5. The van der Waals surface area contributed by atoms with Gasteiger partial charge in [0.15, 0.2) is 17.3 Å². The van der Waals surface area contributed by atoms with E-state index in [1.54, 1.807) is 19.3 Å². The maximum Gasteiger partial charge on any atom is 0.220 e. The standard InChI is InChI=1S/C17H18O4/c1-12(21-16-7-5-4-6-15(16)19-2)10-13-8-9-14(18)17(11-13)20-3/h4-12H,1-3H3. The predicted molar refractivity (Wildman–Crippen MR) is 80.4 cm³/mol. The monoisotopic (exact) mass is 286 g/mol. The van der Waals surface area contributed by atoms with Gasteiger partial charge in [0.05, 0.1) is 14.2 Å². The molecular weight excluding hydrogens is 268 g/mol. The minimum absolute atomic E-state index is 0.132. The molecule has 1 aliphatic carbocycles. The summed E-state index contributed by atoms with van der Waals surface area (Å²) >= 11 is 0. The molecule has 0 saturated heterocycles. The lowest BCUT2D eigenvalue weighted by molar-refractivity contribution is -0.114. The number of hydrogen-bond acceptors (Lipinski definition) is 4. The second-order valence-corrected chi connectivity index (χ2v) is 4.55. The topological polar surface area (TPSA) is 44.8 Å². The van der Waals surface area contributed by atoms with Gasteiger partial charge in [-0.2, -0.15) is 0 Å². The normalized spacial score (nSPS) is 17.4. The van der Waals surface area contributed by atoms with Gasteiger partial charge in [0, 0.05) is 0 Å². The molecule has 0 aliphatic heterocycles. The van der Waals surface area contributed by atoms with Crippen LogP contribution in [0.2, 0.25) is 0 Å². The fourth-order valence-corrected chi connectivity index (χ4v) is 2.01. The van der Waals surface area contributed by atoms with Gasteiger partial charge in [-0.05, 0) is 42.9 Å². The zero-order valence-electron chi connectivity index (χ0n) is 12.3. The highest BCUT2D eigenvalue weighted by Gasteiger charge is 2.13. The van der Waals surface area contributed by atoms with Crippen molar-refractivity contribution >= 4 is 5.78 Å². The van der Waals surface area contributed by atoms with Crippen LogP contribution in [0.1, 0.15) is 6.92 Å². The predicted octanol–water partition coefficient (Wildman–Crippen LogP) is 3.06. The molecule has 2 rings (SSSR count). The summed E-state index contributed by atoms with van der Waals surface area (Å²) < 4.78 is 16.1. The summed E-state index contributed by atoms with van der Waals surface area (Å²) in [5.41, 5.74) is 0.869. The highest BCUT2D eigenvalue weighted by Crippen LogP contribution is 2.27. The van der Waals surface area contributed by atoms with Gasteiger partial charge in [0.1, 0.15) is 6.10 Å². The Hall–Kier alpha value is -2.49. The van der Waals surface area contributed by atoms with E-state index in [9.17, 15) is 4.79 Å². The second-order valence-electron chi connectivity index (χ2n) is 4.55. The summed E-state index contributed by atoms with van der Waals surface area (Å²) in [6, 6.07) is 7.47. The number of para-hydroxylation sites is 2. The number of rotatable bonds is 5. The van der Waals surface area contributed by atoms with Crippen LogP contribution in [0.25, 0.3) is 0 Å². The first-order valence-electron chi connectivity index (χ1n) is 6.63. The van der Waals surface area contributed by atoms with Crippen LogP contribution in [-0.2, 0) is 9.53 Å². The molecule has 1 unspecified atom stereocenters. The molecule has 0 amide bonds. The number of methoxy groups -OCH3 is 2. The first-order valence-corrected chi connectivity index (χ1v) is 6.63. The van der Waals surface area contributed by atoms with Gasteiger partial charge in [-0.1, -0.05) is 18.2 Å². The van der Waals surface area contributed by atoms with E-state index in [0.29, 0.717) is 17.3 Å². The molecule has 0 heterocycles. The van der Waals surface area contributed by atoms with Crippen LogP contribution in [0.15, 0.2) is 59.9 Å². The first-order chi connectivity index (χ1) is 10.1. The third kappa shape index (κ3) is 3.75. The van der Waals surface area contributed by atoms with Gasteiger partial charge in [-0.3, -0.25) is 4.79 Å². The van der Waals surface area contributed by atoms with E-state index in [0.717, 1.165) is 5.57 Å². The Labute approximate surface area is 124 Å². The molecule has 0 bridgehead atoms. The first kappa shape index (κ1) is 14.9. The fraction of sp³-hybridized carbons (Fsp3) is 0.235. The number of carbonyl (C=O) groups excluding carboxylic acids is 1. The van der Waals surface area contributed by atoms with Crippen molar-refractivity contribution < 1.29 is 19.0 Å². The van der Waals surface area contributed by atoms with Gasteiger partial charge in [0.2, 0.25) is 5.78 Å². The van der Waals surface area contributed by atoms with Crippen LogP contribution in [0.5, 0.6) is 11.5 Å². The van der Waals surface area contributed by atoms with Gasteiger partial charge in [-0.25, -0.2) is 0 Å². The smallest absolute Gasteiger partial charge is 0.220 e. The number of carbonyl (C=O) groups is 1. The van der Waals surface area contributed by atoms with Crippen LogP contribution in [0, 0.1) is 0 Å². The third-order valence-electron chi connectivity index (χ3n) is 3.00. The van der Waals surface area contributed by atoms with E-state index in [4.69, 9.17) is 14.2 Å². The lowest BCUT2D eigenvalue weighted by Gasteiger charge is -2.15. The van der Waals surface area contributed by atoms with Crippen LogP contribution in [-0.4, -0.2) is 26.1 Å². The number of ether oxygens (including phenoxy) is 3. The number of ketones is 1. The van der Waals surface area contributed by atoms with Crippen LogP contribution >= 0.6 is 0 Å². The van der Waals surface area contributed by atoms with Crippen LogP contribution < -0.4 is 9.47 Å². The molecule has 0 saturated carbocycles. The number of allylic oxidation sites excluding steroid dienone is 4. The summed E-state index contributed by atoms with van der Waals surface area (Å²) in [5.74, 6) is 1.56. The Morgan fingerprint density at radius 1 is 1.05 bits per heavy atom. The second kappa shape index (κ2) is 6.79. The highest BCUT2D eigenvalue weighted by molar-refractivity contribution is 6.04. The Bertz CT molecular complexity index is 611. The molecule has 0 radical (unpaired) electrons. The average molecular weight is 286 g/mol. The fourth-order valence-electron chi connectivity index (χ4n) is 2.01. The summed E-state index contributed by atoms with van der Waals surface area (Å²) in [5, 5.41) is 0. The van der Waals surface area contributed by atoms with Crippen molar-refractivity contribution in [2.45, 2.75) is 13.0 Å². The summed E-state index contributed by atoms with van der Waals surface area (Å²) in [6.07, 6.45) is 6.66. The van der Waals surface area contributed by atoms with Crippen molar-refractivity contribution in [2.75, 3.05) is 14.2 Å². The van der Waals surface area contributed by atoms with Crippen molar-refractivity contribution in [2.24, 2.45) is 0 Å². The molecule has 110 valence electrons. The molecule has 0 aromatic heterocycles. The van der Waals surface area contributed by atoms with Crippen molar-refractivity contribution in [3.05, 3.63) is 59.9 Å². The Morgan fingerprint density at radius 3 is 2.43 bits per heavy atom. The molecule has 1 aromatic rings. The number of benzene rings is 1. The minimum Gasteiger partial charge on any atom is -0.493 e. The molecule has 0 N–H and O–H groups in total. The van der Waals surface area contributed by atoms with Crippen LogP contribution in [0.4, 0.5) is 0 Å². The average Bonchev–Trinajstić information content (AvgIpc) is 2.49. The summed E-state index contributed by atoms with van der Waals surface area (Å²) in [7, 11) is 3.09. The number of hydrogen-bond donors (Lipinski definition) is 0. The highest BCUT2D eigenvalue weighted by atomic mass is 16.5. The van der Waals surface area contributed by atoms with E-state index in [2.05, 4.69) is 0 Å². The lowest BCUT2D eigenvalue weighted by atomic mass is 10.1. The SMILES string of the molecule is COC1=CC(=CC(C)Oc2ccccc2OC)C=CC1=O. The van der Waals surface area contributed by atoms with Crippen molar-refractivity contribution in [3.8, 4) is 11.5 Å². The van der Waals surface area contributed by atoms with Gasteiger partial charge >= 0.3 is 0 Å². The molecule has 4 heteroatoms. The molecular formula is C17H18O4. The molecule has 1 aromatic carbocycles. The molecule has 1 atom stereocenters. The maximum atomic E-state index is 11.5. The molecule has 1 aliphatic rings. The van der Waals surface area contributed by atoms with Crippen molar-refractivity contribution in [1.29, 1.82) is 0 Å². The van der Waals surface area contributed by atoms with Crippen molar-refractivity contribution in [3.63, 3.8) is 0 Å². The molecule has 0 spiro atoms. The van der Waals surface area contributed by atoms with E-state index in [1.165, 1.54) is 13.2 Å². The van der Waals surface area contributed by atoms with E-state index in [1.807, 2.05) is 37.3 Å². The van der Waals surface area contributed by atoms with Gasteiger partial charge in [0.25, 0.3) is 0 Å². The molecule has 0 fully saturated rings. The minimum atomic E-state index is -0.177. The molecule has 4 nitrogen and oxygen atoms in total. The largest absolute Gasteiger partial charge is 0.493 e. The van der Waals surface area contributed by atoms with Crippen molar-refractivity contribution in [1.82, 2.24) is 0 Å². The Morgan fingerprint density at radius 2 is 1.76 bits per heavy atom. The quantitative estimate of drug-likeness (QED) is 0.834. The van der Waals surface area contributed by atoms with Gasteiger partial charge in [-0.15, -0.1) is 0 Å². The molecule has 21 heavy (non-hydrogen) atoms. The lowest BCUT2D eigenvalue weighted by Crippen LogP contribution is -2.11. The summed E-state index contributed by atoms with van der Waals surface area (Å²) in [6.45, 7) is 1.92. The van der Waals surface area contributed by atoms with Gasteiger partial charge < -0.3 is 14.2 Å². The third-order valence-corrected chi connectivity index (χ3v) is 3.00. The van der Waals surface area contributed by atoms with E-state index in [-0.39, 0.29) is 11.9 Å². The maximum absolute atomic E-state index is 11.5. The Kier molecular flexibility index (Phi) is 4.82. The van der Waals surface area contributed by atoms with E-state index >= 15 is 0 Å². The zero-order valence-corrected chi connectivity index (χ0v) is 12.3. The zero-order chi connectivity index (χ0) is 15.2. The van der Waals surface area contributed by atoms with Crippen LogP contribution in [0.3, 0.4) is 0 Å².